The lowest BCUT2D eigenvalue weighted by Crippen LogP contribution is -2.11. The van der Waals surface area contributed by atoms with Crippen LogP contribution in [0.3, 0.4) is 0 Å². The number of halogens is 2. The molecule has 0 heterocycles. The Kier molecular flexibility index (Phi) is 4.88. The van der Waals surface area contributed by atoms with Gasteiger partial charge in [0.1, 0.15) is 0 Å². The second-order valence-electron chi connectivity index (χ2n) is 4.19. The van der Waals surface area contributed by atoms with Gasteiger partial charge >= 0.3 is 0 Å². The van der Waals surface area contributed by atoms with Crippen LogP contribution in [0.1, 0.15) is 17.3 Å². The van der Waals surface area contributed by atoms with Crippen LogP contribution >= 0.6 is 23.2 Å². The second kappa shape index (κ2) is 6.64. The fraction of sp³-hybridized carbons (Fsp3) is 0.133. The van der Waals surface area contributed by atoms with Gasteiger partial charge in [-0.1, -0.05) is 23.2 Å². The minimum absolute atomic E-state index is 0.188. The molecule has 0 unspecified atom stereocenters. The van der Waals surface area contributed by atoms with Gasteiger partial charge in [0.05, 0.1) is 10.0 Å². The lowest BCUT2D eigenvalue weighted by molar-refractivity contribution is 0.102. The molecule has 5 heteroatoms. The Bertz CT molecular complexity index is 612. The van der Waals surface area contributed by atoms with Gasteiger partial charge < -0.3 is 10.6 Å². The number of hydrogen-bond donors (Lipinski definition) is 2. The zero-order chi connectivity index (χ0) is 14.5. The SMILES string of the molecule is CCNc1ccc(C(=O)Nc2ccc(Cl)c(Cl)c2)cc1. The number of nitrogens with one attached hydrogen (secondary N) is 2. The Hall–Kier alpha value is -1.71. The van der Waals surface area contributed by atoms with E-state index in [1.807, 2.05) is 19.1 Å². The van der Waals surface area contributed by atoms with Crippen LogP contribution in [-0.2, 0) is 0 Å². The highest BCUT2D eigenvalue weighted by atomic mass is 35.5. The summed E-state index contributed by atoms with van der Waals surface area (Å²) in [5.74, 6) is -0.188. The van der Waals surface area contributed by atoms with E-state index in [9.17, 15) is 4.79 Å². The normalized spacial score (nSPS) is 10.2. The molecule has 0 radical (unpaired) electrons. The van der Waals surface area contributed by atoms with Gasteiger partial charge in [0.25, 0.3) is 5.91 Å². The molecule has 104 valence electrons. The topological polar surface area (TPSA) is 41.1 Å². The highest BCUT2D eigenvalue weighted by Gasteiger charge is 2.07. The lowest BCUT2D eigenvalue weighted by Gasteiger charge is -2.07. The van der Waals surface area contributed by atoms with E-state index in [-0.39, 0.29) is 5.91 Å². The van der Waals surface area contributed by atoms with E-state index in [1.165, 1.54) is 0 Å². The minimum atomic E-state index is -0.188. The molecule has 2 N–H and O–H groups in total. The van der Waals surface area contributed by atoms with Gasteiger partial charge in [0, 0.05) is 23.5 Å². The number of anilines is 2. The predicted molar refractivity (Wildman–Crippen MR) is 85.0 cm³/mol. The van der Waals surface area contributed by atoms with Gasteiger partial charge in [-0.3, -0.25) is 4.79 Å². The second-order valence-corrected chi connectivity index (χ2v) is 5.01. The largest absolute Gasteiger partial charge is 0.385 e. The standard InChI is InChI=1S/C15H14Cl2N2O/c1-2-18-11-5-3-10(4-6-11)15(20)19-12-7-8-13(16)14(17)9-12/h3-9,18H,2H2,1H3,(H,19,20). The first kappa shape index (κ1) is 14.7. The summed E-state index contributed by atoms with van der Waals surface area (Å²) < 4.78 is 0. The summed E-state index contributed by atoms with van der Waals surface area (Å²) in [5.41, 5.74) is 2.18. The van der Waals surface area contributed by atoms with E-state index in [4.69, 9.17) is 23.2 Å². The van der Waals surface area contributed by atoms with Crippen molar-refractivity contribution in [2.45, 2.75) is 6.92 Å². The molecule has 0 aliphatic heterocycles. The van der Waals surface area contributed by atoms with Gasteiger partial charge in [0.15, 0.2) is 0 Å². The highest BCUT2D eigenvalue weighted by Crippen LogP contribution is 2.25. The van der Waals surface area contributed by atoms with E-state index in [2.05, 4.69) is 10.6 Å². The number of rotatable bonds is 4. The number of hydrogen-bond acceptors (Lipinski definition) is 2. The Morgan fingerprint density at radius 1 is 1.00 bits per heavy atom. The Labute approximate surface area is 127 Å². The van der Waals surface area contributed by atoms with Crippen molar-refractivity contribution in [3.05, 3.63) is 58.1 Å². The van der Waals surface area contributed by atoms with Gasteiger partial charge in [-0.15, -0.1) is 0 Å². The van der Waals surface area contributed by atoms with Crippen LogP contribution < -0.4 is 10.6 Å². The molecule has 0 saturated heterocycles. The summed E-state index contributed by atoms with van der Waals surface area (Å²) in [6.45, 7) is 2.86. The number of amides is 1. The fourth-order valence-corrected chi connectivity index (χ4v) is 2.02. The van der Waals surface area contributed by atoms with Crippen LogP contribution in [0.2, 0.25) is 10.0 Å². The summed E-state index contributed by atoms with van der Waals surface area (Å²) in [5, 5.41) is 6.82. The third-order valence-electron chi connectivity index (χ3n) is 2.71. The third-order valence-corrected chi connectivity index (χ3v) is 3.44. The fourth-order valence-electron chi connectivity index (χ4n) is 1.72. The molecule has 3 nitrogen and oxygen atoms in total. The average molecular weight is 309 g/mol. The van der Waals surface area contributed by atoms with Crippen LogP contribution in [0.5, 0.6) is 0 Å². The van der Waals surface area contributed by atoms with E-state index >= 15 is 0 Å². The van der Waals surface area contributed by atoms with E-state index in [0.29, 0.717) is 21.3 Å². The zero-order valence-electron chi connectivity index (χ0n) is 10.9. The van der Waals surface area contributed by atoms with E-state index < -0.39 is 0 Å². The summed E-state index contributed by atoms with van der Waals surface area (Å²) in [6.07, 6.45) is 0. The number of benzene rings is 2. The molecule has 2 aromatic rings. The van der Waals surface area contributed by atoms with Gasteiger partial charge in [-0.2, -0.15) is 0 Å². The summed E-state index contributed by atoms with van der Waals surface area (Å²) in [6, 6.07) is 12.2. The van der Waals surface area contributed by atoms with Crippen molar-refractivity contribution < 1.29 is 4.79 Å². The van der Waals surface area contributed by atoms with Gasteiger partial charge in [0.2, 0.25) is 0 Å². The van der Waals surface area contributed by atoms with Crippen molar-refractivity contribution in [3.63, 3.8) is 0 Å². The Morgan fingerprint density at radius 3 is 2.25 bits per heavy atom. The maximum Gasteiger partial charge on any atom is 0.255 e. The zero-order valence-corrected chi connectivity index (χ0v) is 12.4. The monoisotopic (exact) mass is 308 g/mol. The van der Waals surface area contributed by atoms with Crippen molar-refractivity contribution in [2.75, 3.05) is 17.2 Å². The van der Waals surface area contributed by atoms with Crippen LogP contribution in [0.25, 0.3) is 0 Å². The van der Waals surface area contributed by atoms with E-state index in [0.717, 1.165) is 12.2 Å². The Morgan fingerprint density at radius 2 is 1.65 bits per heavy atom. The molecular weight excluding hydrogens is 295 g/mol. The average Bonchev–Trinajstić information content (AvgIpc) is 2.44. The van der Waals surface area contributed by atoms with Crippen LogP contribution in [0.4, 0.5) is 11.4 Å². The predicted octanol–water partition coefficient (Wildman–Crippen LogP) is 4.68. The van der Waals surface area contributed by atoms with E-state index in [1.54, 1.807) is 30.3 Å². The molecular formula is C15H14Cl2N2O. The van der Waals surface area contributed by atoms with Crippen molar-refractivity contribution in [2.24, 2.45) is 0 Å². The molecule has 0 saturated carbocycles. The molecule has 2 aromatic carbocycles. The summed E-state index contributed by atoms with van der Waals surface area (Å²) in [4.78, 5) is 12.1. The smallest absolute Gasteiger partial charge is 0.255 e. The molecule has 0 atom stereocenters. The highest BCUT2D eigenvalue weighted by molar-refractivity contribution is 6.42. The summed E-state index contributed by atoms with van der Waals surface area (Å²) in [7, 11) is 0. The molecule has 2 rings (SSSR count). The summed E-state index contributed by atoms with van der Waals surface area (Å²) >= 11 is 11.7. The minimum Gasteiger partial charge on any atom is -0.385 e. The number of carbonyl (C=O) groups is 1. The maximum atomic E-state index is 12.1. The molecule has 0 aliphatic rings. The Balaban J connectivity index is 2.09. The van der Waals surface area contributed by atoms with Crippen LogP contribution in [0, 0.1) is 0 Å². The van der Waals surface area contributed by atoms with Crippen molar-refractivity contribution in [1.29, 1.82) is 0 Å². The molecule has 0 bridgehead atoms. The molecule has 20 heavy (non-hydrogen) atoms. The van der Waals surface area contributed by atoms with Gasteiger partial charge in [-0.05, 0) is 49.4 Å². The first-order valence-corrected chi connectivity index (χ1v) is 6.96. The quantitative estimate of drug-likeness (QED) is 0.861. The number of carbonyl (C=O) groups excluding carboxylic acids is 1. The molecule has 0 aromatic heterocycles. The van der Waals surface area contributed by atoms with Crippen molar-refractivity contribution in [1.82, 2.24) is 0 Å². The van der Waals surface area contributed by atoms with Crippen molar-refractivity contribution in [3.8, 4) is 0 Å². The molecule has 0 spiro atoms. The van der Waals surface area contributed by atoms with Crippen LogP contribution in [0.15, 0.2) is 42.5 Å². The molecule has 1 amide bonds. The maximum absolute atomic E-state index is 12.1. The van der Waals surface area contributed by atoms with Crippen molar-refractivity contribution >= 4 is 40.5 Å². The molecule has 0 fully saturated rings. The molecule has 0 aliphatic carbocycles. The third kappa shape index (κ3) is 3.65. The first-order chi connectivity index (χ1) is 9.60. The lowest BCUT2D eigenvalue weighted by atomic mass is 10.2. The van der Waals surface area contributed by atoms with Gasteiger partial charge in [-0.25, -0.2) is 0 Å². The van der Waals surface area contributed by atoms with Crippen LogP contribution in [-0.4, -0.2) is 12.5 Å². The first-order valence-electron chi connectivity index (χ1n) is 6.20.